The van der Waals surface area contributed by atoms with Crippen molar-refractivity contribution in [3.05, 3.63) is 58.7 Å². The Balaban J connectivity index is 2.13. The maximum atomic E-state index is 13.3. The number of aliphatic hydroxyl groups is 1. The molecule has 0 saturated carbocycles. The molecule has 37 heavy (non-hydrogen) atoms. The summed E-state index contributed by atoms with van der Waals surface area (Å²) in [4.78, 5) is 27.8. The molecule has 1 atom stereocenters. The predicted octanol–water partition coefficient (Wildman–Crippen LogP) is 4.90. The summed E-state index contributed by atoms with van der Waals surface area (Å²) < 4.78 is 22.4. The Morgan fingerprint density at radius 3 is 2.35 bits per heavy atom. The van der Waals surface area contributed by atoms with Gasteiger partial charge in [0.15, 0.2) is 11.5 Å². The SMILES string of the molecule is CCCOc1ccc(/C(O)=C2/C(=O)C(=O)N(CCOC)C2c2ccc(OC)c(OCC(C)C)c2)cc1C. The fourth-order valence-electron chi connectivity index (χ4n) is 4.21. The maximum absolute atomic E-state index is 13.3. The van der Waals surface area contributed by atoms with Crippen molar-refractivity contribution in [2.45, 2.75) is 40.2 Å². The van der Waals surface area contributed by atoms with Crippen molar-refractivity contribution >= 4 is 17.4 Å². The number of aliphatic hydroxyl groups excluding tert-OH is 1. The molecule has 1 saturated heterocycles. The van der Waals surface area contributed by atoms with Crippen molar-refractivity contribution < 1.29 is 33.6 Å². The minimum Gasteiger partial charge on any atom is -0.507 e. The third kappa shape index (κ3) is 6.25. The minimum absolute atomic E-state index is 0.0164. The Labute approximate surface area is 218 Å². The zero-order valence-corrected chi connectivity index (χ0v) is 22.5. The fraction of sp³-hybridized carbons (Fsp3) is 0.448. The molecule has 1 heterocycles. The van der Waals surface area contributed by atoms with Crippen LogP contribution >= 0.6 is 0 Å². The molecule has 1 aliphatic rings. The molecule has 0 aliphatic carbocycles. The van der Waals surface area contributed by atoms with E-state index in [2.05, 4.69) is 0 Å². The van der Waals surface area contributed by atoms with Gasteiger partial charge in [-0.25, -0.2) is 0 Å². The van der Waals surface area contributed by atoms with Crippen molar-refractivity contribution in [2.24, 2.45) is 5.92 Å². The zero-order chi connectivity index (χ0) is 27.1. The molecule has 0 spiro atoms. The second-order valence-electron chi connectivity index (χ2n) is 9.43. The largest absolute Gasteiger partial charge is 0.507 e. The van der Waals surface area contributed by atoms with Crippen molar-refractivity contribution in [2.75, 3.05) is 40.6 Å². The number of hydrogen-bond acceptors (Lipinski definition) is 7. The van der Waals surface area contributed by atoms with Gasteiger partial charge in [0.2, 0.25) is 0 Å². The van der Waals surface area contributed by atoms with Crippen LogP contribution in [-0.2, 0) is 14.3 Å². The summed E-state index contributed by atoms with van der Waals surface area (Å²) in [5.41, 5.74) is 1.89. The first-order valence-electron chi connectivity index (χ1n) is 12.5. The molecule has 0 radical (unpaired) electrons. The second kappa shape index (κ2) is 12.6. The molecule has 0 aromatic heterocycles. The van der Waals surface area contributed by atoms with Crippen molar-refractivity contribution in [3.8, 4) is 17.2 Å². The highest BCUT2D eigenvalue weighted by Gasteiger charge is 2.46. The van der Waals surface area contributed by atoms with Gasteiger partial charge in [0.1, 0.15) is 11.5 Å². The number of ether oxygens (including phenoxy) is 4. The van der Waals surface area contributed by atoms with Gasteiger partial charge in [-0.05, 0) is 60.7 Å². The molecule has 1 unspecified atom stereocenters. The molecule has 1 fully saturated rings. The summed E-state index contributed by atoms with van der Waals surface area (Å²) in [6.45, 7) is 9.44. The number of nitrogens with zero attached hydrogens (tertiary/aromatic N) is 1. The Morgan fingerprint density at radius 2 is 1.73 bits per heavy atom. The molecule has 0 bridgehead atoms. The van der Waals surface area contributed by atoms with Gasteiger partial charge < -0.3 is 29.0 Å². The van der Waals surface area contributed by atoms with Crippen molar-refractivity contribution in [1.82, 2.24) is 4.90 Å². The van der Waals surface area contributed by atoms with Crippen LogP contribution in [0.15, 0.2) is 42.0 Å². The van der Waals surface area contributed by atoms with Crippen LogP contribution in [-0.4, -0.2) is 62.3 Å². The first-order chi connectivity index (χ1) is 17.7. The topological polar surface area (TPSA) is 94.5 Å². The number of aryl methyl sites for hydroxylation is 1. The summed E-state index contributed by atoms with van der Waals surface area (Å²) in [6, 6.07) is 9.67. The Bertz CT molecular complexity index is 1150. The molecular weight excluding hydrogens is 474 g/mol. The summed E-state index contributed by atoms with van der Waals surface area (Å²) in [5, 5.41) is 11.4. The van der Waals surface area contributed by atoms with Gasteiger partial charge in [-0.15, -0.1) is 0 Å². The highest BCUT2D eigenvalue weighted by atomic mass is 16.5. The standard InChI is InChI=1S/C29H37NO7/c1-7-13-36-22-10-9-21(15-19(22)4)27(31)25-26(30(12-14-34-5)29(33)28(25)32)20-8-11-23(35-6)24(16-20)37-17-18(2)3/h8-11,15-16,18,26,31H,7,12-14,17H2,1-6H3/b27-25-. The van der Waals surface area contributed by atoms with E-state index >= 15 is 0 Å². The number of amides is 1. The Hall–Kier alpha value is -3.52. The third-order valence-electron chi connectivity index (χ3n) is 6.06. The molecule has 2 aromatic rings. The van der Waals surface area contributed by atoms with Gasteiger partial charge in [0.05, 0.1) is 38.5 Å². The predicted molar refractivity (Wildman–Crippen MR) is 141 cm³/mol. The summed E-state index contributed by atoms with van der Waals surface area (Å²) in [6.07, 6.45) is 0.872. The van der Waals surface area contributed by atoms with Gasteiger partial charge in [-0.3, -0.25) is 9.59 Å². The molecule has 2 aromatic carbocycles. The van der Waals surface area contributed by atoms with Crippen LogP contribution in [0.5, 0.6) is 17.2 Å². The highest BCUT2D eigenvalue weighted by molar-refractivity contribution is 6.46. The molecule has 8 heteroatoms. The van der Waals surface area contributed by atoms with Crippen molar-refractivity contribution in [3.63, 3.8) is 0 Å². The summed E-state index contributed by atoms with van der Waals surface area (Å²) >= 11 is 0. The number of rotatable bonds is 12. The lowest BCUT2D eigenvalue weighted by Crippen LogP contribution is -2.32. The maximum Gasteiger partial charge on any atom is 0.295 e. The van der Waals surface area contributed by atoms with Crippen LogP contribution in [0.3, 0.4) is 0 Å². The average Bonchev–Trinajstić information content (AvgIpc) is 3.14. The van der Waals surface area contributed by atoms with E-state index in [-0.39, 0.29) is 30.4 Å². The molecule has 1 N–H and O–H groups in total. The normalized spacial score (nSPS) is 16.9. The lowest BCUT2D eigenvalue weighted by Gasteiger charge is -2.26. The first-order valence-corrected chi connectivity index (χ1v) is 12.5. The summed E-state index contributed by atoms with van der Waals surface area (Å²) in [7, 11) is 3.08. The van der Waals surface area contributed by atoms with E-state index in [1.807, 2.05) is 27.7 Å². The number of benzene rings is 2. The third-order valence-corrected chi connectivity index (χ3v) is 6.06. The molecule has 3 rings (SSSR count). The molecule has 8 nitrogen and oxygen atoms in total. The van der Waals surface area contributed by atoms with Crippen LogP contribution in [0.2, 0.25) is 0 Å². The van der Waals surface area contributed by atoms with E-state index in [9.17, 15) is 14.7 Å². The van der Waals surface area contributed by atoms with E-state index in [0.717, 1.165) is 12.0 Å². The Kier molecular flexibility index (Phi) is 9.58. The summed E-state index contributed by atoms with van der Waals surface area (Å²) in [5.74, 6) is 0.349. The monoisotopic (exact) mass is 511 g/mol. The van der Waals surface area contributed by atoms with Crippen LogP contribution in [0.1, 0.15) is 49.9 Å². The number of Topliss-reactive ketones (excluding diaryl/α,β-unsaturated/α-hetero) is 1. The van der Waals surface area contributed by atoms with Crippen LogP contribution in [0.4, 0.5) is 0 Å². The average molecular weight is 512 g/mol. The number of ketones is 1. The first kappa shape index (κ1) is 28.1. The van der Waals surface area contributed by atoms with Crippen LogP contribution in [0, 0.1) is 12.8 Å². The van der Waals surface area contributed by atoms with E-state index in [1.54, 1.807) is 43.5 Å². The molecule has 1 aliphatic heterocycles. The van der Waals surface area contributed by atoms with E-state index in [1.165, 1.54) is 12.0 Å². The second-order valence-corrected chi connectivity index (χ2v) is 9.43. The Morgan fingerprint density at radius 1 is 1.00 bits per heavy atom. The number of methoxy groups -OCH3 is 2. The molecule has 200 valence electrons. The number of likely N-dealkylation sites (tertiary alicyclic amines) is 1. The lowest BCUT2D eigenvalue weighted by molar-refractivity contribution is -0.140. The van der Waals surface area contributed by atoms with E-state index in [0.29, 0.717) is 41.6 Å². The van der Waals surface area contributed by atoms with Gasteiger partial charge >= 0.3 is 0 Å². The zero-order valence-electron chi connectivity index (χ0n) is 22.5. The molecular formula is C29H37NO7. The minimum atomic E-state index is -0.821. The smallest absolute Gasteiger partial charge is 0.295 e. The van der Waals surface area contributed by atoms with Crippen LogP contribution in [0.25, 0.3) is 5.76 Å². The lowest BCUT2D eigenvalue weighted by atomic mass is 9.94. The number of hydrogen-bond donors (Lipinski definition) is 1. The van der Waals surface area contributed by atoms with E-state index in [4.69, 9.17) is 18.9 Å². The van der Waals surface area contributed by atoms with E-state index < -0.39 is 17.7 Å². The van der Waals surface area contributed by atoms with Gasteiger partial charge in [-0.1, -0.05) is 26.8 Å². The highest BCUT2D eigenvalue weighted by Crippen LogP contribution is 2.42. The van der Waals surface area contributed by atoms with Gasteiger partial charge in [0, 0.05) is 19.2 Å². The van der Waals surface area contributed by atoms with Gasteiger partial charge in [-0.2, -0.15) is 0 Å². The molecule has 1 amide bonds. The van der Waals surface area contributed by atoms with Gasteiger partial charge in [0.25, 0.3) is 11.7 Å². The van der Waals surface area contributed by atoms with Crippen molar-refractivity contribution in [1.29, 1.82) is 0 Å². The number of carbonyl (C=O) groups is 2. The fourth-order valence-corrected chi connectivity index (χ4v) is 4.21. The quantitative estimate of drug-likeness (QED) is 0.246. The van der Waals surface area contributed by atoms with Crippen LogP contribution < -0.4 is 14.2 Å². The number of carbonyl (C=O) groups excluding carboxylic acids is 2.